The first-order chi connectivity index (χ1) is 11.7. The first-order valence-electron chi connectivity index (χ1n) is 7.81. The minimum absolute atomic E-state index is 0.0675. The summed E-state index contributed by atoms with van der Waals surface area (Å²) in [5.74, 6) is -0.565. The number of thiazole rings is 1. The second kappa shape index (κ2) is 7.63. The number of nitrogens with zero attached hydrogens (tertiary/aromatic N) is 2. The maximum absolute atomic E-state index is 12.5. The van der Waals surface area contributed by atoms with Crippen molar-refractivity contribution in [1.82, 2.24) is 9.29 Å². The fourth-order valence-corrected chi connectivity index (χ4v) is 4.16. The van der Waals surface area contributed by atoms with E-state index in [1.165, 1.54) is 31.5 Å². The summed E-state index contributed by atoms with van der Waals surface area (Å²) < 4.78 is 31.3. The fourth-order valence-electron chi connectivity index (χ4n) is 2.21. The Morgan fingerprint density at radius 1 is 1.28 bits per heavy atom. The molecule has 2 aromatic rings. The predicted octanol–water partition coefficient (Wildman–Crippen LogP) is 2.93. The van der Waals surface area contributed by atoms with Gasteiger partial charge in [-0.2, -0.15) is 0 Å². The molecule has 0 unspecified atom stereocenters. The van der Waals surface area contributed by atoms with E-state index in [9.17, 15) is 13.2 Å². The zero-order valence-electron chi connectivity index (χ0n) is 15.0. The van der Waals surface area contributed by atoms with Gasteiger partial charge in [-0.05, 0) is 43.5 Å². The standard InChI is InChI=1S/C17H22N2O4S2/c1-6-16-18-14(10-24-16)9-23-17(20)13-7-11(2)12(3)15(8-13)25(21,22)19(4)5/h7-8,10H,6,9H2,1-5H3. The molecule has 0 spiro atoms. The van der Waals surface area contributed by atoms with Crippen LogP contribution in [0.4, 0.5) is 0 Å². The van der Waals surface area contributed by atoms with Crippen molar-refractivity contribution in [2.24, 2.45) is 0 Å². The number of carbonyl (C=O) groups is 1. The largest absolute Gasteiger partial charge is 0.456 e. The number of ether oxygens (including phenoxy) is 1. The molecule has 136 valence electrons. The van der Waals surface area contributed by atoms with Crippen LogP contribution < -0.4 is 0 Å². The normalized spacial score (nSPS) is 11.8. The van der Waals surface area contributed by atoms with Gasteiger partial charge < -0.3 is 4.74 Å². The lowest BCUT2D eigenvalue weighted by atomic mass is 10.1. The highest BCUT2D eigenvalue weighted by atomic mass is 32.2. The van der Waals surface area contributed by atoms with Crippen molar-refractivity contribution in [2.45, 2.75) is 38.7 Å². The molecule has 1 aromatic carbocycles. The van der Waals surface area contributed by atoms with Gasteiger partial charge in [-0.15, -0.1) is 11.3 Å². The summed E-state index contributed by atoms with van der Waals surface area (Å²) in [5.41, 5.74) is 2.25. The zero-order chi connectivity index (χ0) is 18.8. The Labute approximate surface area is 152 Å². The highest BCUT2D eigenvalue weighted by Gasteiger charge is 2.23. The molecule has 0 saturated carbocycles. The zero-order valence-corrected chi connectivity index (χ0v) is 16.6. The third kappa shape index (κ3) is 4.26. The number of hydrogen-bond donors (Lipinski definition) is 0. The lowest BCUT2D eigenvalue weighted by Crippen LogP contribution is -2.24. The van der Waals surface area contributed by atoms with Crippen molar-refractivity contribution >= 4 is 27.3 Å². The van der Waals surface area contributed by atoms with Crippen LogP contribution in [0.3, 0.4) is 0 Å². The van der Waals surface area contributed by atoms with Gasteiger partial charge in [-0.25, -0.2) is 22.5 Å². The topological polar surface area (TPSA) is 76.6 Å². The molecule has 0 aliphatic carbocycles. The van der Waals surface area contributed by atoms with Gasteiger partial charge >= 0.3 is 5.97 Å². The average Bonchev–Trinajstić information content (AvgIpc) is 3.02. The van der Waals surface area contributed by atoms with Gasteiger partial charge in [0.1, 0.15) is 6.61 Å². The number of rotatable bonds is 6. The lowest BCUT2D eigenvalue weighted by molar-refractivity contribution is 0.0468. The first kappa shape index (κ1) is 19.6. The number of carbonyl (C=O) groups excluding carboxylic acids is 1. The minimum atomic E-state index is -3.64. The number of aromatic nitrogens is 1. The van der Waals surface area contributed by atoms with Crippen LogP contribution >= 0.6 is 11.3 Å². The van der Waals surface area contributed by atoms with Crippen LogP contribution in [0.5, 0.6) is 0 Å². The van der Waals surface area contributed by atoms with Crippen molar-refractivity contribution in [3.8, 4) is 0 Å². The monoisotopic (exact) mass is 382 g/mol. The van der Waals surface area contributed by atoms with E-state index < -0.39 is 16.0 Å². The Morgan fingerprint density at radius 3 is 2.52 bits per heavy atom. The van der Waals surface area contributed by atoms with Crippen molar-refractivity contribution in [3.05, 3.63) is 44.9 Å². The minimum Gasteiger partial charge on any atom is -0.456 e. The van der Waals surface area contributed by atoms with E-state index in [1.807, 2.05) is 12.3 Å². The summed E-state index contributed by atoms with van der Waals surface area (Å²) in [6.07, 6.45) is 0.835. The van der Waals surface area contributed by atoms with E-state index in [0.29, 0.717) is 11.3 Å². The number of benzene rings is 1. The highest BCUT2D eigenvalue weighted by Crippen LogP contribution is 2.24. The van der Waals surface area contributed by atoms with E-state index >= 15 is 0 Å². The van der Waals surface area contributed by atoms with E-state index in [4.69, 9.17) is 4.74 Å². The van der Waals surface area contributed by atoms with Crippen molar-refractivity contribution < 1.29 is 17.9 Å². The second-order valence-electron chi connectivity index (χ2n) is 5.87. The van der Waals surface area contributed by atoms with Crippen LogP contribution in [0.1, 0.15) is 39.1 Å². The van der Waals surface area contributed by atoms with Crippen molar-refractivity contribution in [3.63, 3.8) is 0 Å². The predicted molar refractivity (Wildman–Crippen MR) is 97.4 cm³/mol. The third-order valence-corrected chi connectivity index (χ3v) is 6.85. The van der Waals surface area contributed by atoms with Crippen LogP contribution in [0.25, 0.3) is 0 Å². The molecule has 0 aliphatic heterocycles. The Bertz CT molecular complexity index is 886. The SMILES string of the molecule is CCc1nc(COC(=O)c2cc(C)c(C)c(S(=O)(=O)N(C)C)c2)cs1. The third-order valence-electron chi connectivity index (χ3n) is 3.87. The summed E-state index contributed by atoms with van der Waals surface area (Å²) in [7, 11) is -0.716. The van der Waals surface area contributed by atoms with E-state index in [-0.39, 0.29) is 17.1 Å². The molecule has 0 bridgehead atoms. The summed E-state index contributed by atoms with van der Waals surface area (Å²) in [6, 6.07) is 3.02. The van der Waals surface area contributed by atoms with Gasteiger partial charge in [0.15, 0.2) is 0 Å². The molecule has 2 rings (SSSR count). The number of hydrogen-bond acceptors (Lipinski definition) is 6. The van der Waals surface area contributed by atoms with Crippen molar-refractivity contribution in [1.29, 1.82) is 0 Å². The molecule has 0 radical (unpaired) electrons. The molecule has 0 aliphatic rings. The van der Waals surface area contributed by atoms with Gasteiger partial charge in [0.05, 0.1) is 21.2 Å². The molecule has 25 heavy (non-hydrogen) atoms. The summed E-state index contributed by atoms with van der Waals surface area (Å²) in [5, 5.41) is 2.84. The van der Waals surface area contributed by atoms with Gasteiger partial charge in [0.25, 0.3) is 0 Å². The Balaban J connectivity index is 2.26. The van der Waals surface area contributed by atoms with Gasteiger partial charge in [-0.1, -0.05) is 6.92 Å². The van der Waals surface area contributed by atoms with Crippen LogP contribution in [-0.4, -0.2) is 37.8 Å². The molecule has 1 heterocycles. The molecule has 6 nitrogen and oxygen atoms in total. The molecule has 0 amide bonds. The molecule has 1 aromatic heterocycles. The maximum Gasteiger partial charge on any atom is 0.338 e. The van der Waals surface area contributed by atoms with Crippen LogP contribution in [-0.2, 0) is 27.8 Å². The fraction of sp³-hybridized carbons (Fsp3) is 0.412. The van der Waals surface area contributed by atoms with Gasteiger partial charge in [0.2, 0.25) is 10.0 Å². The average molecular weight is 383 g/mol. The van der Waals surface area contributed by atoms with Gasteiger partial charge in [0, 0.05) is 19.5 Å². The Morgan fingerprint density at radius 2 is 1.96 bits per heavy atom. The van der Waals surface area contributed by atoms with Crippen LogP contribution in [0, 0.1) is 13.8 Å². The summed E-state index contributed by atoms with van der Waals surface area (Å²) in [6.45, 7) is 5.57. The molecular weight excluding hydrogens is 360 g/mol. The maximum atomic E-state index is 12.5. The lowest BCUT2D eigenvalue weighted by Gasteiger charge is -2.16. The Hall–Kier alpha value is -1.77. The van der Waals surface area contributed by atoms with Gasteiger partial charge in [-0.3, -0.25) is 0 Å². The van der Waals surface area contributed by atoms with E-state index in [2.05, 4.69) is 4.98 Å². The quantitative estimate of drug-likeness (QED) is 0.718. The molecule has 0 saturated heterocycles. The highest BCUT2D eigenvalue weighted by molar-refractivity contribution is 7.89. The molecular formula is C17H22N2O4S2. The number of aryl methyl sites for hydroxylation is 2. The summed E-state index contributed by atoms with van der Waals surface area (Å²) in [4.78, 5) is 16.8. The molecule has 0 N–H and O–H groups in total. The first-order valence-corrected chi connectivity index (χ1v) is 10.1. The van der Waals surface area contributed by atoms with E-state index in [1.54, 1.807) is 19.9 Å². The van der Waals surface area contributed by atoms with Crippen molar-refractivity contribution in [2.75, 3.05) is 14.1 Å². The molecule has 0 atom stereocenters. The summed E-state index contributed by atoms with van der Waals surface area (Å²) >= 11 is 1.52. The smallest absolute Gasteiger partial charge is 0.338 e. The Kier molecular flexibility index (Phi) is 5.97. The number of sulfonamides is 1. The van der Waals surface area contributed by atoms with Crippen LogP contribution in [0.2, 0.25) is 0 Å². The second-order valence-corrected chi connectivity index (χ2v) is 8.93. The van der Waals surface area contributed by atoms with Crippen LogP contribution in [0.15, 0.2) is 22.4 Å². The molecule has 8 heteroatoms. The van der Waals surface area contributed by atoms with E-state index in [0.717, 1.165) is 21.3 Å². The number of esters is 1. The molecule has 0 fully saturated rings.